The summed E-state index contributed by atoms with van der Waals surface area (Å²) in [6.45, 7) is 2.08. The van der Waals surface area contributed by atoms with E-state index < -0.39 is 5.97 Å². The predicted molar refractivity (Wildman–Crippen MR) is 111 cm³/mol. The van der Waals surface area contributed by atoms with Crippen LogP contribution in [0.15, 0.2) is 58.9 Å². The number of benzene rings is 2. The maximum atomic E-state index is 11.9. The Morgan fingerprint density at radius 3 is 2.66 bits per heavy atom. The number of nitriles is 1. The third-order valence-corrected chi connectivity index (χ3v) is 4.33. The third-order valence-electron chi connectivity index (χ3n) is 4.09. The van der Waals surface area contributed by atoms with Gasteiger partial charge < -0.3 is 14.5 Å². The first-order valence-electron chi connectivity index (χ1n) is 8.83. The Morgan fingerprint density at radius 1 is 1.21 bits per heavy atom. The Kier molecular flexibility index (Phi) is 6.32. The molecule has 6 nitrogen and oxygen atoms in total. The Labute approximate surface area is 172 Å². The van der Waals surface area contributed by atoms with Gasteiger partial charge in [0, 0.05) is 22.0 Å². The van der Waals surface area contributed by atoms with Crippen molar-refractivity contribution in [1.29, 1.82) is 5.26 Å². The van der Waals surface area contributed by atoms with Crippen LogP contribution in [-0.4, -0.2) is 17.6 Å². The van der Waals surface area contributed by atoms with Gasteiger partial charge in [0.1, 0.15) is 24.0 Å². The van der Waals surface area contributed by atoms with Gasteiger partial charge >= 0.3 is 5.97 Å². The molecule has 0 atom stereocenters. The summed E-state index contributed by atoms with van der Waals surface area (Å²) in [5, 5.41) is 10.5. The Morgan fingerprint density at radius 2 is 1.97 bits per heavy atom. The topological polar surface area (TPSA) is 92.2 Å². The highest BCUT2D eigenvalue weighted by atomic mass is 35.5. The molecule has 0 amide bonds. The van der Waals surface area contributed by atoms with Gasteiger partial charge in [0.05, 0.1) is 12.1 Å². The van der Waals surface area contributed by atoms with Crippen molar-refractivity contribution in [1.82, 2.24) is 4.98 Å². The lowest BCUT2D eigenvalue weighted by atomic mass is 10.1. The van der Waals surface area contributed by atoms with Crippen molar-refractivity contribution < 1.29 is 14.3 Å². The summed E-state index contributed by atoms with van der Waals surface area (Å²) in [5.41, 5.74) is 1.74. The fourth-order valence-corrected chi connectivity index (χ4v) is 2.93. The molecule has 2 aromatic carbocycles. The summed E-state index contributed by atoms with van der Waals surface area (Å²) < 4.78 is 10.6. The molecule has 1 heterocycles. The van der Waals surface area contributed by atoms with E-state index in [0.29, 0.717) is 21.9 Å². The molecule has 3 rings (SSSR count). The van der Waals surface area contributed by atoms with E-state index in [0.717, 1.165) is 10.9 Å². The number of nitrogens with zero attached hydrogens (tertiary/aromatic N) is 1. The van der Waals surface area contributed by atoms with Crippen LogP contribution in [0.1, 0.15) is 18.1 Å². The number of pyridine rings is 1. The number of carbonyl (C=O) groups is 1. The van der Waals surface area contributed by atoms with Crippen molar-refractivity contribution in [2.45, 2.75) is 13.5 Å². The van der Waals surface area contributed by atoms with Gasteiger partial charge in [-0.15, -0.1) is 0 Å². The molecule has 0 spiro atoms. The Hall–Kier alpha value is -3.56. The molecule has 0 aliphatic heterocycles. The van der Waals surface area contributed by atoms with E-state index in [1.165, 1.54) is 12.1 Å². The summed E-state index contributed by atoms with van der Waals surface area (Å²) in [7, 11) is 0. The molecule has 1 N–H and O–H groups in total. The highest BCUT2D eigenvalue weighted by Gasteiger charge is 2.10. The summed E-state index contributed by atoms with van der Waals surface area (Å²) in [6, 6.07) is 15.5. The van der Waals surface area contributed by atoms with Gasteiger partial charge in [-0.05, 0) is 42.8 Å². The minimum Gasteiger partial charge on any atom is -0.489 e. The number of rotatable bonds is 6. The van der Waals surface area contributed by atoms with Gasteiger partial charge in [-0.3, -0.25) is 4.79 Å². The van der Waals surface area contributed by atoms with Gasteiger partial charge in [0.2, 0.25) is 5.56 Å². The summed E-state index contributed by atoms with van der Waals surface area (Å²) in [5.74, 6) is -0.0733. The zero-order chi connectivity index (χ0) is 20.8. The average Bonchev–Trinajstić information content (AvgIpc) is 2.70. The van der Waals surface area contributed by atoms with E-state index in [1.54, 1.807) is 43.3 Å². The van der Waals surface area contributed by atoms with E-state index in [9.17, 15) is 9.59 Å². The second kappa shape index (κ2) is 9.09. The van der Waals surface area contributed by atoms with E-state index in [2.05, 4.69) is 4.98 Å². The van der Waals surface area contributed by atoms with Crippen LogP contribution in [0, 0.1) is 11.3 Å². The molecule has 146 valence electrons. The van der Waals surface area contributed by atoms with Crippen LogP contribution in [0.25, 0.3) is 17.0 Å². The minimum atomic E-state index is -0.656. The fourth-order valence-electron chi connectivity index (χ4n) is 2.76. The van der Waals surface area contributed by atoms with E-state index in [-0.39, 0.29) is 24.3 Å². The lowest BCUT2D eigenvalue weighted by molar-refractivity contribution is -0.137. The number of H-pyrrole nitrogens is 1. The van der Waals surface area contributed by atoms with Crippen molar-refractivity contribution in [2.24, 2.45) is 0 Å². The van der Waals surface area contributed by atoms with E-state index in [1.807, 2.05) is 12.1 Å². The summed E-state index contributed by atoms with van der Waals surface area (Å²) >= 11 is 5.99. The molecule has 0 unspecified atom stereocenters. The molecule has 0 fully saturated rings. The second-order valence-electron chi connectivity index (χ2n) is 6.10. The first-order valence-corrected chi connectivity index (χ1v) is 9.21. The number of aromatic amines is 1. The van der Waals surface area contributed by atoms with E-state index in [4.69, 9.17) is 26.3 Å². The van der Waals surface area contributed by atoms with Crippen LogP contribution in [-0.2, 0) is 16.1 Å². The molecule has 7 heteroatoms. The molecule has 1 aromatic heterocycles. The molecule has 29 heavy (non-hydrogen) atoms. The highest BCUT2D eigenvalue weighted by molar-refractivity contribution is 6.31. The maximum Gasteiger partial charge on any atom is 0.348 e. The van der Waals surface area contributed by atoms with Gasteiger partial charge in [0.15, 0.2) is 0 Å². The second-order valence-corrected chi connectivity index (χ2v) is 6.53. The smallest absolute Gasteiger partial charge is 0.348 e. The van der Waals surface area contributed by atoms with Crippen molar-refractivity contribution in [3.63, 3.8) is 0 Å². The minimum absolute atomic E-state index is 0.0749. The molecule has 0 aliphatic carbocycles. The maximum absolute atomic E-state index is 11.9. The van der Waals surface area contributed by atoms with Crippen LogP contribution in [0.2, 0.25) is 5.02 Å². The van der Waals surface area contributed by atoms with Crippen molar-refractivity contribution >= 4 is 34.5 Å². The van der Waals surface area contributed by atoms with Crippen LogP contribution in [0.3, 0.4) is 0 Å². The number of halogens is 1. The van der Waals surface area contributed by atoms with E-state index >= 15 is 0 Å². The Balaban J connectivity index is 1.76. The molecule has 0 aliphatic rings. The summed E-state index contributed by atoms with van der Waals surface area (Å²) in [4.78, 5) is 26.3. The van der Waals surface area contributed by atoms with Gasteiger partial charge in [-0.1, -0.05) is 29.8 Å². The average molecular weight is 409 g/mol. The number of nitrogens with one attached hydrogen (secondary N) is 1. The molecule has 0 radical (unpaired) electrons. The van der Waals surface area contributed by atoms with Crippen LogP contribution < -0.4 is 10.3 Å². The molecule has 0 saturated carbocycles. The lowest BCUT2D eigenvalue weighted by Crippen LogP contribution is -2.08. The number of hydrogen-bond acceptors (Lipinski definition) is 5. The summed E-state index contributed by atoms with van der Waals surface area (Å²) in [6.07, 6.45) is 1.45. The Bertz CT molecular complexity index is 1170. The van der Waals surface area contributed by atoms with Crippen molar-refractivity contribution in [2.75, 3.05) is 6.61 Å². The van der Waals surface area contributed by atoms with Crippen molar-refractivity contribution in [3.05, 3.63) is 80.6 Å². The number of ether oxygens (including phenoxy) is 2. The van der Waals surface area contributed by atoms with Crippen LogP contribution >= 0.6 is 11.6 Å². The molecular formula is C22H17ClN2O4. The van der Waals surface area contributed by atoms with Gasteiger partial charge in [-0.25, -0.2) is 4.79 Å². The first kappa shape index (κ1) is 20.2. The quantitative estimate of drug-likeness (QED) is 0.374. The molecule has 3 aromatic rings. The van der Waals surface area contributed by atoms with Crippen molar-refractivity contribution in [3.8, 4) is 11.8 Å². The molecular weight excluding hydrogens is 392 g/mol. The molecule has 0 saturated heterocycles. The number of carbonyl (C=O) groups excluding carboxylic acids is 1. The number of aromatic nitrogens is 1. The SMILES string of the molecule is CCOC(=O)/C(C#N)=C/c1ccc(OCc2cc(=O)[nH]c3cc(Cl)ccc23)cc1. The number of fused-ring (bicyclic) bond motifs is 1. The van der Waals surface area contributed by atoms with Gasteiger partial charge in [-0.2, -0.15) is 5.26 Å². The number of esters is 1. The predicted octanol–water partition coefficient (Wildman–Crippen LogP) is 4.23. The van der Waals surface area contributed by atoms with Gasteiger partial charge in [0.25, 0.3) is 0 Å². The monoisotopic (exact) mass is 408 g/mol. The van der Waals surface area contributed by atoms with Crippen LogP contribution in [0.5, 0.6) is 5.75 Å². The largest absolute Gasteiger partial charge is 0.489 e. The third kappa shape index (κ3) is 5.03. The zero-order valence-corrected chi connectivity index (χ0v) is 16.3. The standard InChI is InChI=1S/C22H17ClN2O4/c1-2-28-22(27)15(12-24)9-14-3-6-18(7-4-14)29-13-16-10-21(26)25-20-11-17(23)5-8-19(16)20/h3-11H,2,13H2,1H3,(H,25,26)/b15-9+. The fraction of sp³-hybridized carbons (Fsp3) is 0.136. The number of hydrogen-bond donors (Lipinski definition) is 1. The highest BCUT2D eigenvalue weighted by Crippen LogP contribution is 2.22. The van der Waals surface area contributed by atoms with Crippen LogP contribution in [0.4, 0.5) is 0 Å². The molecule has 0 bridgehead atoms. The normalized spacial score (nSPS) is 11.1. The zero-order valence-electron chi connectivity index (χ0n) is 15.6. The lowest BCUT2D eigenvalue weighted by Gasteiger charge is -2.09. The first-order chi connectivity index (χ1) is 14.0.